The van der Waals surface area contributed by atoms with Gasteiger partial charge in [0.05, 0.1) is 12.8 Å². The number of nitrogens with two attached hydrogens (primary N) is 1. The van der Waals surface area contributed by atoms with Crippen molar-refractivity contribution in [3.05, 3.63) is 36.3 Å². The van der Waals surface area contributed by atoms with Crippen LogP contribution in [0.25, 0.3) is 0 Å². The number of amides is 1. The highest BCUT2D eigenvalue weighted by atomic mass is 16.3. The van der Waals surface area contributed by atoms with Crippen LogP contribution in [0.15, 0.2) is 40.0 Å². The molecule has 0 spiro atoms. The minimum atomic E-state index is -0.229. The zero-order chi connectivity index (χ0) is 17.4. The molecule has 6 nitrogen and oxygen atoms in total. The van der Waals surface area contributed by atoms with Crippen molar-refractivity contribution in [2.75, 3.05) is 26.2 Å². The first-order valence-electron chi connectivity index (χ1n) is 8.53. The number of hydrogen-bond donors (Lipinski definition) is 2. The van der Waals surface area contributed by atoms with E-state index in [9.17, 15) is 4.79 Å². The summed E-state index contributed by atoms with van der Waals surface area (Å²) in [6, 6.07) is 3.86. The Kier molecular flexibility index (Phi) is 6.90. The van der Waals surface area contributed by atoms with Gasteiger partial charge in [-0.2, -0.15) is 0 Å². The van der Waals surface area contributed by atoms with Crippen LogP contribution < -0.4 is 11.1 Å². The summed E-state index contributed by atoms with van der Waals surface area (Å²) in [5, 5.41) is 3.42. The lowest BCUT2D eigenvalue weighted by molar-refractivity contribution is -0.119. The molecule has 1 fully saturated rings. The quantitative estimate of drug-likeness (QED) is 0.454. The van der Waals surface area contributed by atoms with Crippen LogP contribution in [0.4, 0.5) is 0 Å². The first kappa shape index (κ1) is 18.1. The van der Waals surface area contributed by atoms with E-state index < -0.39 is 0 Å². The van der Waals surface area contributed by atoms with Crippen molar-refractivity contribution in [1.29, 1.82) is 0 Å². The second-order valence-electron chi connectivity index (χ2n) is 6.48. The van der Waals surface area contributed by atoms with E-state index in [0.717, 1.165) is 56.2 Å². The average Bonchev–Trinajstić information content (AvgIpc) is 3.03. The number of furan rings is 1. The standard InChI is InChI=1S/C18H28N4O2/c1-14(2)12-21-18(20-8-7-16-6-4-10-24-16)22-9-3-5-15(13-22)11-17(19)23/h4,6,10,15H,1,3,5,7-9,11-13H2,2H3,(H2,19,23)(H,20,21). The monoisotopic (exact) mass is 332 g/mol. The summed E-state index contributed by atoms with van der Waals surface area (Å²) in [6.45, 7) is 8.99. The molecule has 0 aromatic carbocycles. The zero-order valence-electron chi connectivity index (χ0n) is 14.5. The van der Waals surface area contributed by atoms with Crippen molar-refractivity contribution >= 4 is 11.9 Å². The second kappa shape index (κ2) is 9.15. The summed E-state index contributed by atoms with van der Waals surface area (Å²) in [5.74, 6) is 1.90. The van der Waals surface area contributed by atoms with Gasteiger partial charge in [0.15, 0.2) is 5.96 Å². The first-order chi connectivity index (χ1) is 11.5. The van der Waals surface area contributed by atoms with Crippen molar-refractivity contribution in [1.82, 2.24) is 10.2 Å². The number of hydrogen-bond acceptors (Lipinski definition) is 3. The van der Waals surface area contributed by atoms with Crippen molar-refractivity contribution in [2.24, 2.45) is 16.6 Å². The Morgan fingerprint density at radius 3 is 3.08 bits per heavy atom. The highest BCUT2D eigenvalue weighted by molar-refractivity contribution is 5.80. The predicted molar refractivity (Wildman–Crippen MR) is 95.6 cm³/mol. The van der Waals surface area contributed by atoms with E-state index in [1.54, 1.807) is 6.26 Å². The van der Waals surface area contributed by atoms with Crippen LogP contribution in [0.5, 0.6) is 0 Å². The van der Waals surface area contributed by atoms with Crippen LogP contribution >= 0.6 is 0 Å². The molecule has 1 aliphatic heterocycles. The van der Waals surface area contributed by atoms with Gasteiger partial charge in [-0.1, -0.05) is 12.2 Å². The van der Waals surface area contributed by atoms with Gasteiger partial charge in [0.2, 0.25) is 5.91 Å². The molecule has 1 atom stereocenters. The number of aliphatic imine (C=N–C) groups is 1. The Balaban J connectivity index is 1.94. The summed E-state index contributed by atoms with van der Waals surface area (Å²) < 4.78 is 5.36. The molecule has 24 heavy (non-hydrogen) atoms. The fourth-order valence-electron chi connectivity index (χ4n) is 2.94. The summed E-state index contributed by atoms with van der Waals surface area (Å²) in [5.41, 5.74) is 6.37. The molecule has 2 rings (SSSR count). The van der Waals surface area contributed by atoms with Gasteiger partial charge < -0.3 is 20.4 Å². The topological polar surface area (TPSA) is 83.9 Å². The third-order valence-electron chi connectivity index (χ3n) is 4.04. The van der Waals surface area contributed by atoms with E-state index in [1.807, 2.05) is 19.1 Å². The van der Waals surface area contributed by atoms with Crippen LogP contribution in [0.1, 0.15) is 31.9 Å². The van der Waals surface area contributed by atoms with Crippen molar-refractivity contribution in [3.63, 3.8) is 0 Å². The summed E-state index contributed by atoms with van der Waals surface area (Å²) in [6.07, 6.45) is 5.02. The van der Waals surface area contributed by atoms with Crippen molar-refractivity contribution < 1.29 is 9.21 Å². The molecule has 1 amide bonds. The van der Waals surface area contributed by atoms with Gasteiger partial charge in [0, 0.05) is 32.5 Å². The normalized spacial score (nSPS) is 18.5. The van der Waals surface area contributed by atoms with Gasteiger partial charge in [0.25, 0.3) is 0 Å². The maximum atomic E-state index is 11.2. The Morgan fingerprint density at radius 2 is 2.42 bits per heavy atom. The molecule has 1 aromatic heterocycles. The number of piperidine rings is 1. The average molecular weight is 332 g/mol. The SMILES string of the molecule is C=C(C)CN=C(NCCc1ccco1)N1CCCC(CC(N)=O)C1. The summed E-state index contributed by atoms with van der Waals surface area (Å²) in [7, 11) is 0. The highest BCUT2D eigenvalue weighted by Crippen LogP contribution is 2.19. The number of nitrogens with one attached hydrogen (secondary N) is 1. The Morgan fingerprint density at radius 1 is 1.58 bits per heavy atom. The molecule has 1 aromatic rings. The zero-order valence-corrected chi connectivity index (χ0v) is 14.5. The Labute approximate surface area is 143 Å². The number of primary amides is 1. The molecule has 1 saturated heterocycles. The smallest absolute Gasteiger partial charge is 0.217 e. The maximum absolute atomic E-state index is 11.2. The molecule has 0 bridgehead atoms. The number of carbonyl (C=O) groups excluding carboxylic acids is 1. The minimum absolute atomic E-state index is 0.229. The van der Waals surface area contributed by atoms with Crippen molar-refractivity contribution in [2.45, 2.75) is 32.6 Å². The van der Waals surface area contributed by atoms with Crippen LogP contribution in [0.3, 0.4) is 0 Å². The van der Waals surface area contributed by atoms with E-state index in [1.165, 1.54) is 0 Å². The number of carbonyl (C=O) groups is 1. The molecule has 2 heterocycles. The van der Waals surface area contributed by atoms with Crippen LogP contribution in [-0.4, -0.2) is 42.9 Å². The van der Waals surface area contributed by atoms with Crippen LogP contribution in [0.2, 0.25) is 0 Å². The lowest BCUT2D eigenvalue weighted by Crippen LogP contribution is -2.47. The molecule has 0 aliphatic carbocycles. The summed E-state index contributed by atoms with van der Waals surface area (Å²) >= 11 is 0. The third-order valence-corrected chi connectivity index (χ3v) is 4.04. The molecular formula is C18H28N4O2. The lowest BCUT2D eigenvalue weighted by atomic mass is 9.95. The van der Waals surface area contributed by atoms with Gasteiger partial charge in [-0.15, -0.1) is 0 Å². The number of rotatable bonds is 7. The van der Waals surface area contributed by atoms with E-state index in [-0.39, 0.29) is 5.91 Å². The number of guanidine groups is 1. The van der Waals surface area contributed by atoms with Crippen LogP contribution in [0, 0.1) is 5.92 Å². The van der Waals surface area contributed by atoms with E-state index in [4.69, 9.17) is 10.2 Å². The lowest BCUT2D eigenvalue weighted by Gasteiger charge is -2.34. The number of nitrogens with zero attached hydrogens (tertiary/aromatic N) is 2. The first-order valence-corrected chi connectivity index (χ1v) is 8.53. The van der Waals surface area contributed by atoms with Crippen LogP contribution in [-0.2, 0) is 11.2 Å². The van der Waals surface area contributed by atoms with Crippen molar-refractivity contribution in [3.8, 4) is 0 Å². The molecular weight excluding hydrogens is 304 g/mol. The van der Waals surface area contributed by atoms with Gasteiger partial charge in [-0.3, -0.25) is 4.79 Å². The molecule has 132 valence electrons. The third kappa shape index (κ3) is 6.10. The molecule has 0 saturated carbocycles. The fraction of sp³-hybridized carbons (Fsp3) is 0.556. The molecule has 3 N–H and O–H groups in total. The van der Waals surface area contributed by atoms with Gasteiger partial charge in [-0.05, 0) is 37.8 Å². The van der Waals surface area contributed by atoms with E-state index in [2.05, 4.69) is 21.8 Å². The fourth-order valence-corrected chi connectivity index (χ4v) is 2.94. The van der Waals surface area contributed by atoms with E-state index >= 15 is 0 Å². The molecule has 1 aliphatic rings. The summed E-state index contributed by atoms with van der Waals surface area (Å²) in [4.78, 5) is 18.1. The molecule has 1 unspecified atom stereocenters. The minimum Gasteiger partial charge on any atom is -0.469 e. The van der Waals surface area contributed by atoms with E-state index in [0.29, 0.717) is 18.9 Å². The highest BCUT2D eigenvalue weighted by Gasteiger charge is 2.23. The molecule has 0 radical (unpaired) electrons. The Bertz CT molecular complexity index is 566. The van der Waals surface area contributed by atoms with Gasteiger partial charge in [0.1, 0.15) is 5.76 Å². The second-order valence-corrected chi connectivity index (χ2v) is 6.48. The van der Waals surface area contributed by atoms with Gasteiger partial charge in [-0.25, -0.2) is 4.99 Å². The predicted octanol–water partition coefficient (Wildman–Crippen LogP) is 1.93. The maximum Gasteiger partial charge on any atom is 0.217 e. The molecule has 6 heteroatoms. The van der Waals surface area contributed by atoms with Gasteiger partial charge >= 0.3 is 0 Å². The largest absolute Gasteiger partial charge is 0.469 e. The number of likely N-dealkylation sites (tertiary alicyclic amines) is 1. The Hall–Kier alpha value is -2.24.